The zero-order valence-corrected chi connectivity index (χ0v) is 11.7. The first-order valence-corrected chi connectivity index (χ1v) is 7.37. The van der Waals surface area contributed by atoms with E-state index in [1.807, 2.05) is 6.07 Å². The van der Waals surface area contributed by atoms with E-state index in [0.717, 1.165) is 24.4 Å². The van der Waals surface area contributed by atoms with Crippen molar-refractivity contribution in [3.05, 3.63) is 41.3 Å². The Balaban J connectivity index is 1.49. The van der Waals surface area contributed by atoms with Gasteiger partial charge in [-0.2, -0.15) is 4.98 Å². The summed E-state index contributed by atoms with van der Waals surface area (Å²) < 4.78 is 5.36. The van der Waals surface area contributed by atoms with Crippen molar-refractivity contribution in [2.75, 3.05) is 0 Å². The van der Waals surface area contributed by atoms with E-state index in [1.54, 1.807) is 17.2 Å². The van der Waals surface area contributed by atoms with Gasteiger partial charge in [0.1, 0.15) is 0 Å². The lowest BCUT2D eigenvalue weighted by molar-refractivity contribution is 0.0761. The van der Waals surface area contributed by atoms with Gasteiger partial charge in [-0.1, -0.05) is 18.0 Å². The van der Waals surface area contributed by atoms with Crippen molar-refractivity contribution >= 4 is 5.91 Å². The molecule has 0 spiro atoms. The Morgan fingerprint density at radius 1 is 1.33 bits per heavy atom. The molecule has 0 N–H and O–H groups in total. The minimum absolute atomic E-state index is 0.00897. The molecule has 0 bridgehead atoms. The van der Waals surface area contributed by atoms with E-state index in [4.69, 9.17) is 4.52 Å². The number of aromatic nitrogens is 3. The third-order valence-corrected chi connectivity index (χ3v) is 4.27. The zero-order chi connectivity index (χ0) is 14.2. The molecule has 2 aromatic heterocycles. The summed E-state index contributed by atoms with van der Waals surface area (Å²) in [6.45, 7) is 0.897. The van der Waals surface area contributed by atoms with Gasteiger partial charge >= 0.3 is 0 Å². The van der Waals surface area contributed by atoms with Crippen LogP contribution in [0, 0.1) is 0 Å². The van der Waals surface area contributed by atoms with Crippen molar-refractivity contribution in [3.63, 3.8) is 0 Å². The topological polar surface area (TPSA) is 72.1 Å². The van der Waals surface area contributed by atoms with Crippen molar-refractivity contribution in [1.82, 2.24) is 20.0 Å². The van der Waals surface area contributed by atoms with E-state index < -0.39 is 0 Å². The first-order valence-electron chi connectivity index (χ1n) is 7.37. The number of rotatable bonds is 3. The molecule has 2 aliphatic rings. The minimum atomic E-state index is -0.00897. The second-order valence-electron chi connectivity index (χ2n) is 5.69. The summed E-state index contributed by atoms with van der Waals surface area (Å²) in [6.07, 6.45) is 6.42. The minimum Gasteiger partial charge on any atom is -0.339 e. The summed E-state index contributed by atoms with van der Waals surface area (Å²) in [5.74, 6) is 1.70. The number of amides is 1. The molecule has 1 aliphatic carbocycles. The smallest absolute Gasteiger partial charge is 0.256 e. The van der Waals surface area contributed by atoms with Gasteiger partial charge in [0.2, 0.25) is 5.89 Å². The third-order valence-electron chi connectivity index (χ3n) is 4.27. The molecule has 21 heavy (non-hydrogen) atoms. The first kappa shape index (κ1) is 12.5. The van der Waals surface area contributed by atoms with Gasteiger partial charge in [0.25, 0.3) is 5.91 Å². The number of hydrogen-bond donors (Lipinski definition) is 0. The summed E-state index contributed by atoms with van der Waals surface area (Å²) in [7, 11) is 0. The summed E-state index contributed by atoms with van der Waals surface area (Å²) in [4.78, 5) is 22.7. The maximum Gasteiger partial charge on any atom is 0.256 e. The van der Waals surface area contributed by atoms with Crippen LogP contribution in [0.15, 0.2) is 22.9 Å². The van der Waals surface area contributed by atoms with Crippen LogP contribution in [0.1, 0.15) is 59.4 Å². The van der Waals surface area contributed by atoms with Crippen LogP contribution < -0.4 is 0 Å². The molecule has 0 saturated heterocycles. The largest absolute Gasteiger partial charge is 0.339 e. The maximum absolute atomic E-state index is 12.3. The highest BCUT2D eigenvalue weighted by Crippen LogP contribution is 2.33. The molecule has 6 nitrogen and oxygen atoms in total. The van der Waals surface area contributed by atoms with E-state index >= 15 is 0 Å². The van der Waals surface area contributed by atoms with Crippen LogP contribution in [-0.2, 0) is 13.1 Å². The number of fused-ring (bicyclic) bond motifs is 1. The van der Waals surface area contributed by atoms with Gasteiger partial charge in [0, 0.05) is 12.1 Å². The number of nitrogens with zero attached hydrogens (tertiary/aromatic N) is 4. The van der Waals surface area contributed by atoms with Gasteiger partial charge < -0.3 is 9.42 Å². The summed E-state index contributed by atoms with van der Waals surface area (Å²) in [5.41, 5.74) is 1.50. The Morgan fingerprint density at radius 2 is 2.19 bits per heavy atom. The highest BCUT2D eigenvalue weighted by molar-refractivity contribution is 5.97. The molecule has 0 radical (unpaired) electrons. The number of hydrogen-bond acceptors (Lipinski definition) is 5. The first-order chi connectivity index (χ1) is 10.3. The SMILES string of the molecule is O=C1c2cccnc2CN1Cc1noc(C2CCCC2)n1. The van der Waals surface area contributed by atoms with Gasteiger partial charge in [-0.25, -0.2) is 0 Å². The highest BCUT2D eigenvalue weighted by atomic mass is 16.5. The molecule has 1 amide bonds. The van der Waals surface area contributed by atoms with Crippen molar-refractivity contribution in [3.8, 4) is 0 Å². The molecule has 6 heteroatoms. The van der Waals surface area contributed by atoms with E-state index in [0.29, 0.717) is 30.4 Å². The highest BCUT2D eigenvalue weighted by Gasteiger charge is 2.30. The second-order valence-corrected chi connectivity index (χ2v) is 5.69. The Hall–Kier alpha value is -2.24. The van der Waals surface area contributed by atoms with E-state index in [1.165, 1.54) is 12.8 Å². The molecule has 1 saturated carbocycles. The van der Waals surface area contributed by atoms with Crippen molar-refractivity contribution < 1.29 is 9.32 Å². The quantitative estimate of drug-likeness (QED) is 0.864. The Kier molecular flexibility index (Phi) is 2.94. The molecule has 0 unspecified atom stereocenters. The van der Waals surface area contributed by atoms with Crippen molar-refractivity contribution in [2.45, 2.75) is 44.7 Å². The summed E-state index contributed by atoms with van der Waals surface area (Å²) >= 11 is 0. The molecule has 1 aliphatic heterocycles. The molecule has 3 heterocycles. The molecule has 0 atom stereocenters. The Labute approximate surface area is 122 Å². The zero-order valence-electron chi connectivity index (χ0n) is 11.7. The predicted octanol–water partition coefficient (Wildman–Crippen LogP) is 2.28. The standard InChI is InChI=1S/C15H16N4O2/c20-15-11-6-3-7-16-12(11)8-19(15)9-13-17-14(21-18-13)10-4-1-2-5-10/h3,6-7,10H,1-2,4-5,8-9H2. The molecule has 0 aromatic carbocycles. The van der Waals surface area contributed by atoms with E-state index in [-0.39, 0.29) is 5.91 Å². The Bertz CT molecular complexity index is 676. The molecule has 108 valence electrons. The fraction of sp³-hybridized carbons (Fsp3) is 0.467. The van der Waals surface area contributed by atoms with Crippen LogP contribution in [0.3, 0.4) is 0 Å². The van der Waals surface area contributed by atoms with Crippen LogP contribution in [0.4, 0.5) is 0 Å². The lowest BCUT2D eigenvalue weighted by atomic mass is 10.1. The summed E-state index contributed by atoms with van der Waals surface area (Å²) in [6, 6.07) is 3.59. The molecule has 4 rings (SSSR count). The van der Waals surface area contributed by atoms with Crippen LogP contribution in [-0.4, -0.2) is 25.9 Å². The van der Waals surface area contributed by atoms with Crippen LogP contribution in [0.5, 0.6) is 0 Å². The van der Waals surface area contributed by atoms with E-state index in [2.05, 4.69) is 15.1 Å². The monoisotopic (exact) mass is 284 g/mol. The normalized spacial score (nSPS) is 18.5. The maximum atomic E-state index is 12.3. The fourth-order valence-corrected chi connectivity index (χ4v) is 3.15. The van der Waals surface area contributed by atoms with Gasteiger partial charge in [0.05, 0.1) is 24.3 Å². The lowest BCUT2D eigenvalue weighted by Crippen LogP contribution is -2.23. The lowest BCUT2D eigenvalue weighted by Gasteiger charge is -2.11. The van der Waals surface area contributed by atoms with Crippen LogP contribution in [0.25, 0.3) is 0 Å². The van der Waals surface area contributed by atoms with Gasteiger partial charge in [0.15, 0.2) is 5.82 Å². The van der Waals surface area contributed by atoms with Crippen molar-refractivity contribution in [2.24, 2.45) is 0 Å². The van der Waals surface area contributed by atoms with E-state index in [9.17, 15) is 4.79 Å². The second kappa shape index (κ2) is 4.95. The van der Waals surface area contributed by atoms with Crippen LogP contribution in [0.2, 0.25) is 0 Å². The third kappa shape index (κ3) is 2.20. The summed E-state index contributed by atoms with van der Waals surface area (Å²) in [5, 5.41) is 4.02. The number of carbonyl (C=O) groups excluding carboxylic acids is 1. The fourth-order valence-electron chi connectivity index (χ4n) is 3.15. The van der Waals surface area contributed by atoms with Gasteiger partial charge in [-0.15, -0.1) is 0 Å². The number of carbonyl (C=O) groups is 1. The van der Waals surface area contributed by atoms with Crippen LogP contribution >= 0.6 is 0 Å². The van der Waals surface area contributed by atoms with Crippen molar-refractivity contribution in [1.29, 1.82) is 0 Å². The van der Waals surface area contributed by atoms with Gasteiger partial charge in [-0.3, -0.25) is 9.78 Å². The Morgan fingerprint density at radius 3 is 3.00 bits per heavy atom. The molecule has 2 aromatic rings. The average Bonchev–Trinajstić information content (AvgIpc) is 3.21. The predicted molar refractivity (Wildman–Crippen MR) is 73.3 cm³/mol. The average molecular weight is 284 g/mol. The molecule has 1 fully saturated rings. The number of pyridine rings is 1. The molecular formula is C15H16N4O2. The molecular weight excluding hydrogens is 268 g/mol. The van der Waals surface area contributed by atoms with Gasteiger partial charge in [-0.05, 0) is 25.0 Å².